The number of allylic oxidation sites excluding steroid dienone is 3. The Labute approximate surface area is 74.5 Å². The van der Waals surface area contributed by atoms with Gasteiger partial charge < -0.3 is 5.32 Å². The predicted octanol–water partition coefficient (Wildman–Crippen LogP) is 2.75. The van der Waals surface area contributed by atoms with E-state index in [0.29, 0.717) is 0 Å². The van der Waals surface area contributed by atoms with Gasteiger partial charge in [0, 0.05) is 6.54 Å². The quantitative estimate of drug-likeness (QED) is 0.626. The molecule has 0 aromatic rings. The average molecular weight is 163 g/mol. The average Bonchev–Trinajstić information content (AvgIpc) is 2.21. The minimum absolute atomic E-state index is 1.16. The summed E-state index contributed by atoms with van der Waals surface area (Å²) in [6, 6.07) is 0. The standard InChI is InChI=1S/C11H17N/c1-2-5-10(6-3-1)11-7-4-8-12-9-11/h5,9,12H,1-4,6-8H2. The van der Waals surface area contributed by atoms with Crippen LogP contribution in [0.4, 0.5) is 0 Å². The lowest BCUT2D eigenvalue weighted by Gasteiger charge is -2.19. The van der Waals surface area contributed by atoms with Crippen LogP contribution in [0, 0.1) is 0 Å². The van der Waals surface area contributed by atoms with Crippen molar-refractivity contribution in [3.8, 4) is 0 Å². The van der Waals surface area contributed by atoms with Gasteiger partial charge in [-0.3, -0.25) is 0 Å². The largest absolute Gasteiger partial charge is 0.391 e. The molecule has 1 heterocycles. The molecule has 0 aromatic carbocycles. The third-order valence-electron chi connectivity index (χ3n) is 2.75. The first kappa shape index (κ1) is 7.90. The van der Waals surface area contributed by atoms with Crippen LogP contribution in [0.2, 0.25) is 0 Å². The van der Waals surface area contributed by atoms with Crippen molar-refractivity contribution in [2.24, 2.45) is 0 Å². The first-order valence-electron chi connectivity index (χ1n) is 5.08. The lowest BCUT2D eigenvalue weighted by atomic mass is 9.91. The van der Waals surface area contributed by atoms with Gasteiger partial charge in [-0.05, 0) is 55.9 Å². The summed E-state index contributed by atoms with van der Waals surface area (Å²) in [5.74, 6) is 0. The molecule has 0 radical (unpaired) electrons. The van der Waals surface area contributed by atoms with E-state index in [1.54, 1.807) is 11.1 Å². The number of nitrogens with one attached hydrogen (secondary N) is 1. The fourth-order valence-corrected chi connectivity index (χ4v) is 2.03. The number of hydrogen-bond donors (Lipinski definition) is 1. The Hall–Kier alpha value is -0.720. The van der Waals surface area contributed by atoms with Crippen molar-refractivity contribution in [2.45, 2.75) is 38.5 Å². The molecular weight excluding hydrogens is 146 g/mol. The Balaban J connectivity index is 2.06. The van der Waals surface area contributed by atoms with Crippen LogP contribution in [-0.2, 0) is 0 Å². The molecule has 0 unspecified atom stereocenters. The molecule has 0 bridgehead atoms. The van der Waals surface area contributed by atoms with E-state index in [1.807, 2.05) is 0 Å². The molecule has 66 valence electrons. The van der Waals surface area contributed by atoms with Crippen LogP contribution in [0.3, 0.4) is 0 Å². The second-order valence-electron chi connectivity index (χ2n) is 3.70. The normalized spacial score (nSPS) is 24.0. The van der Waals surface area contributed by atoms with Crippen LogP contribution >= 0.6 is 0 Å². The van der Waals surface area contributed by atoms with Crippen molar-refractivity contribution in [3.05, 3.63) is 23.4 Å². The lowest BCUT2D eigenvalue weighted by molar-refractivity contribution is 0.662. The minimum atomic E-state index is 1.16. The third kappa shape index (κ3) is 1.71. The maximum atomic E-state index is 3.33. The van der Waals surface area contributed by atoms with Crippen LogP contribution in [0.1, 0.15) is 38.5 Å². The van der Waals surface area contributed by atoms with Gasteiger partial charge in [-0.2, -0.15) is 0 Å². The molecule has 12 heavy (non-hydrogen) atoms. The fraction of sp³-hybridized carbons (Fsp3) is 0.636. The maximum Gasteiger partial charge on any atom is 0.0144 e. The molecule has 1 aliphatic carbocycles. The summed E-state index contributed by atoms with van der Waals surface area (Å²) in [7, 11) is 0. The van der Waals surface area contributed by atoms with E-state index in [9.17, 15) is 0 Å². The summed E-state index contributed by atoms with van der Waals surface area (Å²) in [5, 5.41) is 3.33. The molecule has 0 aromatic heterocycles. The second-order valence-corrected chi connectivity index (χ2v) is 3.70. The Morgan fingerprint density at radius 2 is 1.92 bits per heavy atom. The molecule has 0 fully saturated rings. The molecule has 0 saturated heterocycles. The van der Waals surface area contributed by atoms with Crippen LogP contribution in [0.15, 0.2) is 23.4 Å². The number of hydrogen-bond acceptors (Lipinski definition) is 1. The fourth-order valence-electron chi connectivity index (χ4n) is 2.03. The Morgan fingerprint density at radius 3 is 2.58 bits per heavy atom. The first-order valence-corrected chi connectivity index (χ1v) is 5.08. The zero-order valence-electron chi connectivity index (χ0n) is 7.60. The topological polar surface area (TPSA) is 12.0 Å². The van der Waals surface area contributed by atoms with Crippen LogP contribution in [0.25, 0.3) is 0 Å². The highest BCUT2D eigenvalue weighted by atomic mass is 14.8. The molecule has 1 nitrogen and oxygen atoms in total. The SMILES string of the molecule is C1=C(C2=CNCCC2)CCCC1. The summed E-state index contributed by atoms with van der Waals surface area (Å²) < 4.78 is 0. The lowest BCUT2D eigenvalue weighted by Crippen LogP contribution is -2.15. The van der Waals surface area contributed by atoms with Crippen LogP contribution in [-0.4, -0.2) is 6.54 Å². The van der Waals surface area contributed by atoms with Gasteiger partial charge in [0.25, 0.3) is 0 Å². The van der Waals surface area contributed by atoms with Gasteiger partial charge in [0.2, 0.25) is 0 Å². The van der Waals surface area contributed by atoms with Gasteiger partial charge >= 0.3 is 0 Å². The smallest absolute Gasteiger partial charge is 0.0144 e. The molecule has 0 atom stereocenters. The van der Waals surface area contributed by atoms with Gasteiger partial charge in [0.15, 0.2) is 0 Å². The van der Waals surface area contributed by atoms with E-state index in [2.05, 4.69) is 17.6 Å². The second kappa shape index (κ2) is 3.79. The van der Waals surface area contributed by atoms with Gasteiger partial charge in [0.05, 0.1) is 0 Å². The van der Waals surface area contributed by atoms with Gasteiger partial charge in [-0.25, -0.2) is 0 Å². The van der Waals surface area contributed by atoms with E-state index in [-0.39, 0.29) is 0 Å². The Bertz CT molecular complexity index is 189. The predicted molar refractivity (Wildman–Crippen MR) is 51.9 cm³/mol. The highest BCUT2D eigenvalue weighted by Crippen LogP contribution is 2.27. The van der Waals surface area contributed by atoms with Crippen molar-refractivity contribution in [1.29, 1.82) is 0 Å². The zero-order chi connectivity index (χ0) is 8.23. The third-order valence-corrected chi connectivity index (χ3v) is 2.75. The highest BCUT2D eigenvalue weighted by Gasteiger charge is 2.10. The van der Waals surface area contributed by atoms with Crippen LogP contribution in [0.5, 0.6) is 0 Å². The Morgan fingerprint density at radius 1 is 1.00 bits per heavy atom. The molecule has 2 aliphatic rings. The van der Waals surface area contributed by atoms with E-state index < -0.39 is 0 Å². The van der Waals surface area contributed by atoms with Gasteiger partial charge in [-0.15, -0.1) is 0 Å². The molecule has 0 spiro atoms. The van der Waals surface area contributed by atoms with E-state index in [1.165, 1.54) is 38.5 Å². The molecular formula is C11H17N. The summed E-state index contributed by atoms with van der Waals surface area (Å²) in [5.41, 5.74) is 3.19. The summed E-state index contributed by atoms with van der Waals surface area (Å²) in [6.45, 7) is 1.16. The van der Waals surface area contributed by atoms with Gasteiger partial charge in [-0.1, -0.05) is 6.08 Å². The monoisotopic (exact) mass is 163 g/mol. The van der Waals surface area contributed by atoms with E-state index >= 15 is 0 Å². The van der Waals surface area contributed by atoms with Crippen molar-refractivity contribution in [2.75, 3.05) is 6.54 Å². The van der Waals surface area contributed by atoms with Crippen molar-refractivity contribution in [1.82, 2.24) is 5.32 Å². The minimum Gasteiger partial charge on any atom is -0.391 e. The van der Waals surface area contributed by atoms with Crippen molar-refractivity contribution >= 4 is 0 Å². The molecule has 1 aliphatic heterocycles. The summed E-state index contributed by atoms with van der Waals surface area (Å²) >= 11 is 0. The van der Waals surface area contributed by atoms with Crippen molar-refractivity contribution < 1.29 is 0 Å². The summed E-state index contributed by atoms with van der Waals surface area (Å²) in [4.78, 5) is 0. The zero-order valence-corrected chi connectivity index (χ0v) is 7.60. The van der Waals surface area contributed by atoms with Crippen molar-refractivity contribution in [3.63, 3.8) is 0 Å². The first-order chi connectivity index (χ1) is 5.97. The van der Waals surface area contributed by atoms with Crippen LogP contribution < -0.4 is 5.32 Å². The van der Waals surface area contributed by atoms with Gasteiger partial charge in [0.1, 0.15) is 0 Å². The molecule has 0 saturated carbocycles. The Kier molecular flexibility index (Phi) is 2.50. The number of rotatable bonds is 1. The van der Waals surface area contributed by atoms with E-state index in [0.717, 1.165) is 6.54 Å². The molecule has 1 heteroatoms. The van der Waals surface area contributed by atoms with E-state index in [4.69, 9.17) is 0 Å². The molecule has 0 amide bonds. The summed E-state index contributed by atoms with van der Waals surface area (Å²) in [6.07, 6.45) is 12.7. The highest BCUT2D eigenvalue weighted by molar-refractivity contribution is 5.32. The maximum absolute atomic E-state index is 3.33. The molecule has 2 rings (SSSR count). The molecule has 1 N–H and O–H groups in total.